The summed E-state index contributed by atoms with van der Waals surface area (Å²) < 4.78 is 0.756. The minimum atomic E-state index is -0.220. The lowest BCUT2D eigenvalue weighted by Crippen LogP contribution is -2.42. The number of piperidine rings is 1. The summed E-state index contributed by atoms with van der Waals surface area (Å²) in [6.07, 6.45) is 1.14. The van der Waals surface area contributed by atoms with Gasteiger partial charge in [-0.15, -0.1) is 0 Å². The maximum atomic E-state index is 12.0. The van der Waals surface area contributed by atoms with Gasteiger partial charge in [0.1, 0.15) is 5.75 Å². The van der Waals surface area contributed by atoms with Gasteiger partial charge in [0.25, 0.3) is 5.91 Å². The summed E-state index contributed by atoms with van der Waals surface area (Å²) in [6, 6.07) is 4.90. The van der Waals surface area contributed by atoms with Crippen molar-refractivity contribution in [3.05, 3.63) is 28.2 Å². The van der Waals surface area contributed by atoms with Crippen LogP contribution in [0.25, 0.3) is 0 Å². The van der Waals surface area contributed by atoms with Crippen molar-refractivity contribution < 1.29 is 9.90 Å². The Labute approximate surface area is 121 Å². The van der Waals surface area contributed by atoms with Gasteiger partial charge in [0.2, 0.25) is 0 Å². The van der Waals surface area contributed by atoms with Crippen molar-refractivity contribution in [2.75, 3.05) is 19.6 Å². The molecule has 0 aliphatic carbocycles. The fourth-order valence-corrected chi connectivity index (χ4v) is 2.69. The molecule has 1 amide bonds. The van der Waals surface area contributed by atoms with E-state index in [0.717, 1.165) is 24.0 Å². The van der Waals surface area contributed by atoms with E-state index >= 15 is 0 Å². The predicted molar refractivity (Wildman–Crippen MR) is 78.3 cm³/mol. The number of nitrogens with one attached hydrogen (secondary N) is 2. The molecule has 4 nitrogen and oxygen atoms in total. The van der Waals surface area contributed by atoms with Gasteiger partial charge in [-0.25, -0.2) is 0 Å². The number of hydrogen-bond acceptors (Lipinski definition) is 3. The summed E-state index contributed by atoms with van der Waals surface area (Å²) in [5.41, 5.74) is 0.319. The van der Waals surface area contributed by atoms with Crippen molar-refractivity contribution in [3.8, 4) is 5.75 Å². The van der Waals surface area contributed by atoms with Crippen molar-refractivity contribution in [2.24, 2.45) is 11.8 Å². The molecule has 1 aromatic carbocycles. The Morgan fingerprint density at radius 3 is 3.05 bits per heavy atom. The Kier molecular flexibility index (Phi) is 4.82. The molecule has 1 saturated heterocycles. The largest absolute Gasteiger partial charge is 0.507 e. The van der Waals surface area contributed by atoms with Gasteiger partial charge in [0.15, 0.2) is 0 Å². The number of phenolic OH excluding ortho intramolecular Hbond substituents is 1. The number of aromatic hydroxyl groups is 1. The first-order valence-electron chi connectivity index (χ1n) is 6.55. The van der Waals surface area contributed by atoms with Crippen molar-refractivity contribution >= 4 is 21.8 Å². The lowest BCUT2D eigenvalue weighted by Gasteiger charge is -2.29. The van der Waals surface area contributed by atoms with E-state index in [0.29, 0.717) is 23.9 Å². The van der Waals surface area contributed by atoms with Crippen LogP contribution in [-0.2, 0) is 0 Å². The van der Waals surface area contributed by atoms with Crippen LogP contribution in [0.3, 0.4) is 0 Å². The van der Waals surface area contributed by atoms with Crippen molar-refractivity contribution in [1.82, 2.24) is 10.6 Å². The van der Waals surface area contributed by atoms with Gasteiger partial charge in [-0.05, 0) is 49.5 Å². The minimum absolute atomic E-state index is 0.00157. The number of carbonyl (C=O) groups excluding carboxylic acids is 1. The average molecular weight is 327 g/mol. The average Bonchev–Trinajstić information content (AvgIpc) is 2.37. The molecule has 1 aromatic rings. The zero-order valence-corrected chi connectivity index (χ0v) is 12.5. The Bertz CT molecular complexity index is 465. The number of benzene rings is 1. The normalized spacial score (nSPS) is 23.1. The third kappa shape index (κ3) is 3.70. The fourth-order valence-electron chi connectivity index (χ4n) is 2.34. The molecule has 0 spiro atoms. The van der Waals surface area contributed by atoms with Crippen LogP contribution >= 0.6 is 15.9 Å². The van der Waals surface area contributed by atoms with E-state index in [2.05, 4.69) is 33.5 Å². The SMILES string of the molecule is CC1CCNCC1CNC(=O)c1ccc(Br)cc1O. The lowest BCUT2D eigenvalue weighted by atomic mass is 9.88. The summed E-state index contributed by atoms with van der Waals surface area (Å²) in [7, 11) is 0. The molecule has 1 aliphatic rings. The monoisotopic (exact) mass is 326 g/mol. The van der Waals surface area contributed by atoms with Crippen molar-refractivity contribution in [1.29, 1.82) is 0 Å². The molecule has 1 fully saturated rings. The number of carbonyl (C=O) groups is 1. The molecule has 5 heteroatoms. The highest BCUT2D eigenvalue weighted by Gasteiger charge is 2.22. The highest BCUT2D eigenvalue weighted by atomic mass is 79.9. The zero-order valence-electron chi connectivity index (χ0n) is 10.9. The summed E-state index contributed by atoms with van der Waals surface area (Å²) in [4.78, 5) is 12.0. The van der Waals surface area contributed by atoms with E-state index in [1.54, 1.807) is 12.1 Å². The van der Waals surface area contributed by atoms with Gasteiger partial charge in [-0.3, -0.25) is 4.79 Å². The summed E-state index contributed by atoms with van der Waals surface area (Å²) in [5.74, 6) is 0.847. The zero-order chi connectivity index (χ0) is 13.8. The fraction of sp³-hybridized carbons (Fsp3) is 0.500. The molecule has 0 aromatic heterocycles. The van der Waals surface area contributed by atoms with Gasteiger partial charge in [-0.2, -0.15) is 0 Å². The minimum Gasteiger partial charge on any atom is -0.507 e. The molecule has 0 bridgehead atoms. The number of rotatable bonds is 3. The van der Waals surface area contributed by atoms with Gasteiger partial charge < -0.3 is 15.7 Å². The molecule has 104 valence electrons. The number of halogens is 1. The number of amides is 1. The Balaban J connectivity index is 1.93. The predicted octanol–water partition coefficient (Wildman–Crippen LogP) is 2.13. The number of hydrogen-bond donors (Lipinski definition) is 3. The summed E-state index contributed by atoms with van der Waals surface area (Å²) >= 11 is 3.25. The Morgan fingerprint density at radius 1 is 1.58 bits per heavy atom. The van der Waals surface area contributed by atoms with Crippen molar-refractivity contribution in [2.45, 2.75) is 13.3 Å². The molecule has 0 saturated carbocycles. The van der Waals surface area contributed by atoms with E-state index < -0.39 is 0 Å². The van der Waals surface area contributed by atoms with Crippen LogP contribution in [0, 0.1) is 11.8 Å². The quantitative estimate of drug-likeness (QED) is 0.797. The first-order valence-corrected chi connectivity index (χ1v) is 7.34. The van der Waals surface area contributed by atoms with Gasteiger partial charge >= 0.3 is 0 Å². The van der Waals surface area contributed by atoms with E-state index in [1.807, 2.05) is 0 Å². The smallest absolute Gasteiger partial charge is 0.255 e. The van der Waals surface area contributed by atoms with Crippen LogP contribution in [-0.4, -0.2) is 30.6 Å². The van der Waals surface area contributed by atoms with Crippen LogP contribution in [0.5, 0.6) is 5.75 Å². The van der Waals surface area contributed by atoms with E-state index in [1.165, 1.54) is 6.07 Å². The standard InChI is InChI=1S/C14H19BrN2O2/c1-9-4-5-16-7-10(9)8-17-14(19)12-3-2-11(15)6-13(12)18/h2-3,6,9-10,16,18H,4-5,7-8H2,1H3,(H,17,19). The lowest BCUT2D eigenvalue weighted by molar-refractivity contribution is 0.0936. The van der Waals surface area contributed by atoms with Crippen LogP contribution < -0.4 is 10.6 Å². The second-order valence-corrected chi connectivity index (χ2v) is 6.02. The maximum Gasteiger partial charge on any atom is 0.255 e. The molecule has 2 rings (SSSR count). The molecule has 1 heterocycles. The van der Waals surface area contributed by atoms with Crippen LogP contribution in [0.2, 0.25) is 0 Å². The molecule has 3 N–H and O–H groups in total. The molecular formula is C14H19BrN2O2. The second-order valence-electron chi connectivity index (χ2n) is 5.10. The number of phenols is 1. The van der Waals surface area contributed by atoms with E-state index in [4.69, 9.17) is 0 Å². The summed E-state index contributed by atoms with van der Waals surface area (Å²) in [5, 5.41) is 16.0. The van der Waals surface area contributed by atoms with Crippen LogP contribution in [0.15, 0.2) is 22.7 Å². The Morgan fingerprint density at radius 2 is 2.37 bits per heavy atom. The third-order valence-electron chi connectivity index (χ3n) is 3.72. The van der Waals surface area contributed by atoms with Crippen LogP contribution in [0.4, 0.5) is 0 Å². The molecular weight excluding hydrogens is 308 g/mol. The third-order valence-corrected chi connectivity index (χ3v) is 4.21. The van der Waals surface area contributed by atoms with Gasteiger partial charge in [0, 0.05) is 11.0 Å². The highest BCUT2D eigenvalue weighted by molar-refractivity contribution is 9.10. The first kappa shape index (κ1) is 14.3. The van der Waals surface area contributed by atoms with Crippen LogP contribution in [0.1, 0.15) is 23.7 Å². The molecule has 0 radical (unpaired) electrons. The topological polar surface area (TPSA) is 61.4 Å². The Hall–Kier alpha value is -1.07. The second kappa shape index (κ2) is 6.39. The molecule has 2 atom stereocenters. The van der Waals surface area contributed by atoms with Crippen molar-refractivity contribution in [3.63, 3.8) is 0 Å². The van der Waals surface area contributed by atoms with Gasteiger partial charge in [-0.1, -0.05) is 22.9 Å². The van der Waals surface area contributed by atoms with E-state index in [-0.39, 0.29) is 11.7 Å². The van der Waals surface area contributed by atoms with Gasteiger partial charge in [0.05, 0.1) is 5.56 Å². The molecule has 1 aliphatic heterocycles. The van der Waals surface area contributed by atoms with E-state index in [9.17, 15) is 9.90 Å². The molecule has 19 heavy (non-hydrogen) atoms. The maximum absolute atomic E-state index is 12.0. The highest BCUT2D eigenvalue weighted by Crippen LogP contribution is 2.22. The first-order chi connectivity index (χ1) is 9.08. The molecule has 2 unspecified atom stereocenters. The summed E-state index contributed by atoms with van der Waals surface area (Å²) in [6.45, 7) is 4.85.